The summed E-state index contributed by atoms with van der Waals surface area (Å²) in [6.07, 6.45) is 5.63. The lowest BCUT2D eigenvalue weighted by Gasteiger charge is -2.20. The van der Waals surface area contributed by atoms with Crippen LogP contribution in [0.4, 0.5) is 0 Å². The zero-order valence-corrected chi connectivity index (χ0v) is 7.27. The monoisotopic (exact) mass is 157 g/mol. The fraction of sp³-hybridized carbons (Fsp3) is 0.889. The molecule has 1 saturated heterocycles. The molecule has 1 rings (SSSR count). The Morgan fingerprint density at radius 1 is 1.36 bits per heavy atom. The smallest absolute Gasteiger partial charge is 0.102 e. The average molecular weight is 157 g/mol. The van der Waals surface area contributed by atoms with E-state index in [9.17, 15) is 0 Å². The van der Waals surface area contributed by atoms with Crippen LogP contribution in [0.1, 0.15) is 32.6 Å². The van der Waals surface area contributed by atoms with Crippen molar-refractivity contribution in [3.63, 3.8) is 0 Å². The lowest BCUT2D eigenvalue weighted by Crippen LogP contribution is -2.16. The first kappa shape index (κ1) is 9.01. The Kier molecular flexibility index (Phi) is 4.55. The predicted octanol–water partition coefficient (Wildman–Crippen LogP) is 2.15. The van der Waals surface area contributed by atoms with E-state index in [1.807, 2.05) is 0 Å². The molecular formula is C9H17O2. The van der Waals surface area contributed by atoms with E-state index in [1.165, 1.54) is 18.9 Å². The maximum Gasteiger partial charge on any atom is 0.102 e. The molecule has 0 aliphatic carbocycles. The van der Waals surface area contributed by atoms with Crippen molar-refractivity contribution in [3.8, 4) is 0 Å². The molecule has 11 heavy (non-hydrogen) atoms. The van der Waals surface area contributed by atoms with E-state index in [2.05, 4.69) is 6.92 Å². The van der Waals surface area contributed by atoms with E-state index >= 15 is 0 Å². The average Bonchev–Trinajstić information content (AvgIpc) is 2.07. The van der Waals surface area contributed by atoms with Gasteiger partial charge in [-0.1, -0.05) is 13.3 Å². The molecule has 1 radical (unpaired) electrons. The molecule has 0 aromatic carbocycles. The van der Waals surface area contributed by atoms with Gasteiger partial charge in [0.2, 0.25) is 0 Å². The molecule has 0 spiro atoms. The van der Waals surface area contributed by atoms with Crippen molar-refractivity contribution in [2.24, 2.45) is 0 Å². The van der Waals surface area contributed by atoms with Crippen LogP contribution in [0.25, 0.3) is 0 Å². The highest BCUT2D eigenvalue weighted by molar-refractivity contribution is 4.80. The molecule has 0 N–H and O–H groups in total. The van der Waals surface area contributed by atoms with Gasteiger partial charge in [-0.3, -0.25) is 0 Å². The van der Waals surface area contributed by atoms with Gasteiger partial charge in [0.1, 0.15) is 6.10 Å². The second-order valence-corrected chi connectivity index (χ2v) is 2.85. The first-order valence-corrected chi connectivity index (χ1v) is 4.48. The van der Waals surface area contributed by atoms with Crippen molar-refractivity contribution < 1.29 is 9.47 Å². The number of hydrogen-bond donors (Lipinski definition) is 0. The minimum atomic E-state index is 0.849. The van der Waals surface area contributed by atoms with Crippen molar-refractivity contribution in [2.45, 2.75) is 32.6 Å². The molecule has 65 valence electrons. The van der Waals surface area contributed by atoms with Gasteiger partial charge in [0.25, 0.3) is 0 Å². The molecule has 1 aliphatic heterocycles. The fourth-order valence-electron chi connectivity index (χ4n) is 1.10. The summed E-state index contributed by atoms with van der Waals surface area (Å²) in [4.78, 5) is 0. The molecule has 0 unspecified atom stereocenters. The zero-order valence-electron chi connectivity index (χ0n) is 7.27. The number of ether oxygens (including phenoxy) is 2. The van der Waals surface area contributed by atoms with Crippen molar-refractivity contribution >= 4 is 0 Å². The molecule has 0 atom stereocenters. The maximum absolute atomic E-state index is 5.56. The third-order valence-corrected chi connectivity index (χ3v) is 1.85. The normalized spacial score (nSPS) is 20.5. The molecule has 1 heterocycles. The van der Waals surface area contributed by atoms with E-state index in [1.54, 1.807) is 0 Å². The molecule has 0 aromatic rings. The van der Waals surface area contributed by atoms with E-state index in [-0.39, 0.29) is 0 Å². The highest BCUT2D eigenvalue weighted by Gasteiger charge is 2.14. The van der Waals surface area contributed by atoms with Gasteiger partial charge in [0, 0.05) is 32.7 Å². The van der Waals surface area contributed by atoms with Crippen LogP contribution >= 0.6 is 0 Å². The van der Waals surface area contributed by atoms with Gasteiger partial charge in [-0.25, -0.2) is 0 Å². The summed E-state index contributed by atoms with van der Waals surface area (Å²) in [5, 5.41) is 0. The van der Waals surface area contributed by atoms with Gasteiger partial charge in [-0.05, 0) is 6.42 Å². The van der Waals surface area contributed by atoms with Crippen molar-refractivity contribution in [1.82, 2.24) is 0 Å². The molecule has 0 bridgehead atoms. The summed E-state index contributed by atoms with van der Waals surface area (Å²) in [7, 11) is 0. The summed E-state index contributed by atoms with van der Waals surface area (Å²) < 4.78 is 10.8. The van der Waals surface area contributed by atoms with Gasteiger partial charge in [-0.15, -0.1) is 0 Å². The predicted molar refractivity (Wildman–Crippen MR) is 44.2 cm³/mol. The van der Waals surface area contributed by atoms with Crippen LogP contribution in [-0.4, -0.2) is 19.8 Å². The third-order valence-electron chi connectivity index (χ3n) is 1.85. The van der Waals surface area contributed by atoms with Crippen LogP contribution in [0.15, 0.2) is 0 Å². The van der Waals surface area contributed by atoms with E-state index in [4.69, 9.17) is 9.47 Å². The summed E-state index contributed by atoms with van der Waals surface area (Å²) in [6.45, 7) is 4.77. The van der Waals surface area contributed by atoms with Gasteiger partial charge in [0.05, 0.1) is 0 Å². The molecule has 2 nitrogen and oxygen atoms in total. The minimum absolute atomic E-state index is 0.849. The highest BCUT2D eigenvalue weighted by atomic mass is 16.5. The maximum atomic E-state index is 5.56. The van der Waals surface area contributed by atoms with Crippen LogP contribution in [-0.2, 0) is 9.47 Å². The molecule has 2 heteroatoms. The summed E-state index contributed by atoms with van der Waals surface area (Å²) >= 11 is 0. The van der Waals surface area contributed by atoms with Gasteiger partial charge in [-0.2, -0.15) is 0 Å². The molecule has 1 aliphatic rings. The van der Waals surface area contributed by atoms with Gasteiger partial charge < -0.3 is 9.47 Å². The Balaban J connectivity index is 1.96. The van der Waals surface area contributed by atoms with Crippen LogP contribution in [0.5, 0.6) is 0 Å². The molecule has 0 amide bonds. The number of unbranched alkanes of at least 4 members (excludes halogenated alkanes) is 1. The molecule has 0 saturated carbocycles. The lowest BCUT2D eigenvalue weighted by atomic mass is 10.1. The Hall–Kier alpha value is -0.0800. The van der Waals surface area contributed by atoms with Crippen LogP contribution in [0.3, 0.4) is 0 Å². The largest absolute Gasteiger partial charge is 0.381 e. The number of hydrogen-bond acceptors (Lipinski definition) is 2. The Morgan fingerprint density at radius 2 is 2.09 bits per heavy atom. The molecule has 1 fully saturated rings. The molecule has 0 aromatic heterocycles. The summed E-state index contributed by atoms with van der Waals surface area (Å²) in [6, 6.07) is 0. The first-order chi connectivity index (χ1) is 5.43. The Morgan fingerprint density at radius 3 is 2.73 bits per heavy atom. The van der Waals surface area contributed by atoms with Crippen LogP contribution < -0.4 is 0 Å². The van der Waals surface area contributed by atoms with Crippen molar-refractivity contribution in [1.29, 1.82) is 0 Å². The van der Waals surface area contributed by atoms with Gasteiger partial charge >= 0.3 is 0 Å². The second kappa shape index (κ2) is 5.56. The number of rotatable bonds is 4. The minimum Gasteiger partial charge on any atom is -0.381 e. The molecular weight excluding hydrogens is 140 g/mol. The van der Waals surface area contributed by atoms with E-state index < -0.39 is 0 Å². The third kappa shape index (κ3) is 3.73. The summed E-state index contributed by atoms with van der Waals surface area (Å²) in [5.41, 5.74) is 0. The topological polar surface area (TPSA) is 18.5 Å². The van der Waals surface area contributed by atoms with Crippen molar-refractivity contribution in [3.05, 3.63) is 6.10 Å². The van der Waals surface area contributed by atoms with Gasteiger partial charge in [0.15, 0.2) is 0 Å². The SMILES string of the molecule is CCCCO[C]1CCOCC1. The fourth-order valence-corrected chi connectivity index (χ4v) is 1.10. The van der Waals surface area contributed by atoms with E-state index in [0.29, 0.717) is 0 Å². The van der Waals surface area contributed by atoms with Crippen LogP contribution in [0.2, 0.25) is 0 Å². The Bertz CT molecular complexity index is 87.6. The standard InChI is InChI=1S/C9H17O2/c1-2-3-6-11-9-4-7-10-8-5-9/h2-8H2,1H3. The second-order valence-electron chi connectivity index (χ2n) is 2.85. The Labute approximate surface area is 68.9 Å². The quantitative estimate of drug-likeness (QED) is 0.582. The summed E-state index contributed by atoms with van der Waals surface area (Å²) in [5.74, 6) is 0. The zero-order chi connectivity index (χ0) is 7.94. The van der Waals surface area contributed by atoms with E-state index in [0.717, 1.165) is 32.7 Å². The lowest BCUT2D eigenvalue weighted by molar-refractivity contribution is 0.0289. The van der Waals surface area contributed by atoms with Crippen LogP contribution in [0, 0.1) is 6.10 Å². The van der Waals surface area contributed by atoms with Crippen molar-refractivity contribution in [2.75, 3.05) is 19.8 Å². The first-order valence-electron chi connectivity index (χ1n) is 4.48. The highest BCUT2D eigenvalue weighted by Crippen LogP contribution is 2.18.